The summed E-state index contributed by atoms with van der Waals surface area (Å²) in [5.74, 6) is 0.583. The molecule has 0 aromatic carbocycles. The van der Waals surface area contributed by atoms with E-state index in [-0.39, 0.29) is 5.60 Å². The SMILES string of the molecule is CCOC(C)(CC)c1nc(N)cs1. The van der Waals surface area contributed by atoms with Crippen molar-refractivity contribution in [3.8, 4) is 0 Å². The van der Waals surface area contributed by atoms with E-state index in [0.29, 0.717) is 12.4 Å². The minimum absolute atomic E-state index is 0.267. The molecule has 0 saturated heterocycles. The molecule has 1 rings (SSSR count). The average molecular weight is 200 g/mol. The fourth-order valence-electron chi connectivity index (χ4n) is 1.16. The van der Waals surface area contributed by atoms with Crippen molar-refractivity contribution >= 4 is 17.2 Å². The van der Waals surface area contributed by atoms with Crippen LogP contribution >= 0.6 is 11.3 Å². The highest BCUT2D eigenvalue weighted by Gasteiger charge is 2.28. The Bertz CT molecular complexity index is 274. The van der Waals surface area contributed by atoms with Crippen molar-refractivity contribution in [3.63, 3.8) is 0 Å². The monoisotopic (exact) mass is 200 g/mol. The molecule has 0 amide bonds. The summed E-state index contributed by atoms with van der Waals surface area (Å²) in [5, 5.41) is 2.82. The Hall–Kier alpha value is -0.610. The van der Waals surface area contributed by atoms with Crippen LogP contribution in [0.1, 0.15) is 32.2 Å². The van der Waals surface area contributed by atoms with Crippen molar-refractivity contribution in [2.45, 2.75) is 32.8 Å². The van der Waals surface area contributed by atoms with Gasteiger partial charge >= 0.3 is 0 Å². The van der Waals surface area contributed by atoms with Gasteiger partial charge in [-0.3, -0.25) is 0 Å². The van der Waals surface area contributed by atoms with Crippen molar-refractivity contribution in [2.75, 3.05) is 12.3 Å². The topological polar surface area (TPSA) is 48.1 Å². The maximum Gasteiger partial charge on any atom is 0.134 e. The van der Waals surface area contributed by atoms with Gasteiger partial charge in [0.1, 0.15) is 16.4 Å². The number of nitrogen functional groups attached to an aromatic ring is 1. The zero-order chi connectivity index (χ0) is 9.90. The number of rotatable bonds is 4. The van der Waals surface area contributed by atoms with Crippen LogP contribution in [0.4, 0.5) is 5.82 Å². The first-order valence-corrected chi connectivity index (χ1v) is 5.35. The van der Waals surface area contributed by atoms with E-state index in [4.69, 9.17) is 10.5 Å². The molecular weight excluding hydrogens is 184 g/mol. The molecule has 0 saturated carbocycles. The zero-order valence-corrected chi connectivity index (χ0v) is 9.15. The lowest BCUT2D eigenvalue weighted by Crippen LogP contribution is -2.24. The van der Waals surface area contributed by atoms with Crippen molar-refractivity contribution < 1.29 is 4.74 Å². The van der Waals surface area contributed by atoms with Gasteiger partial charge in [-0.05, 0) is 20.3 Å². The van der Waals surface area contributed by atoms with Crippen LogP contribution in [0.15, 0.2) is 5.38 Å². The number of hydrogen-bond acceptors (Lipinski definition) is 4. The van der Waals surface area contributed by atoms with Gasteiger partial charge in [0.15, 0.2) is 0 Å². The van der Waals surface area contributed by atoms with Gasteiger partial charge in [0.25, 0.3) is 0 Å². The fourth-order valence-corrected chi connectivity index (χ4v) is 2.06. The van der Waals surface area contributed by atoms with Crippen molar-refractivity contribution in [3.05, 3.63) is 10.4 Å². The van der Waals surface area contributed by atoms with Crippen molar-refractivity contribution in [1.29, 1.82) is 0 Å². The predicted octanol–water partition coefficient (Wildman–Crippen LogP) is 2.39. The van der Waals surface area contributed by atoms with Crippen LogP contribution in [0.2, 0.25) is 0 Å². The maximum absolute atomic E-state index is 5.67. The molecule has 0 spiro atoms. The van der Waals surface area contributed by atoms with Crippen LogP contribution < -0.4 is 5.73 Å². The average Bonchev–Trinajstić information content (AvgIpc) is 2.52. The number of ether oxygens (including phenoxy) is 1. The molecule has 1 aromatic rings. The lowest BCUT2D eigenvalue weighted by atomic mass is 10.1. The number of hydrogen-bond donors (Lipinski definition) is 1. The standard InChI is InChI=1S/C9H16N2OS/c1-4-9(3,12-5-2)8-11-7(10)6-13-8/h6H,4-5,10H2,1-3H3. The molecular formula is C9H16N2OS. The van der Waals surface area contributed by atoms with Gasteiger partial charge in [-0.25, -0.2) is 4.98 Å². The molecule has 74 valence electrons. The Kier molecular flexibility index (Phi) is 3.27. The van der Waals surface area contributed by atoms with Gasteiger partial charge in [-0.2, -0.15) is 0 Å². The number of nitrogens with two attached hydrogens (primary N) is 1. The maximum atomic E-state index is 5.67. The number of nitrogens with zero attached hydrogens (tertiary/aromatic N) is 1. The summed E-state index contributed by atoms with van der Waals surface area (Å²) in [6, 6.07) is 0. The van der Waals surface area contributed by atoms with E-state index < -0.39 is 0 Å². The molecule has 1 atom stereocenters. The minimum atomic E-state index is -0.267. The minimum Gasteiger partial charge on any atom is -0.383 e. The van der Waals surface area contributed by atoms with E-state index in [1.165, 1.54) is 0 Å². The Morgan fingerprint density at radius 1 is 1.62 bits per heavy atom. The number of anilines is 1. The quantitative estimate of drug-likeness (QED) is 0.811. The third kappa shape index (κ3) is 2.19. The molecule has 0 aliphatic rings. The van der Waals surface area contributed by atoms with Crippen LogP contribution in [-0.4, -0.2) is 11.6 Å². The highest BCUT2D eigenvalue weighted by Crippen LogP contribution is 2.31. The molecule has 1 unspecified atom stereocenters. The second-order valence-electron chi connectivity index (χ2n) is 3.09. The van der Waals surface area contributed by atoms with Gasteiger partial charge in [0.2, 0.25) is 0 Å². The highest BCUT2D eigenvalue weighted by molar-refractivity contribution is 7.10. The van der Waals surface area contributed by atoms with Crippen LogP contribution in [0.3, 0.4) is 0 Å². The molecule has 1 heterocycles. The summed E-state index contributed by atoms with van der Waals surface area (Å²) < 4.78 is 5.67. The summed E-state index contributed by atoms with van der Waals surface area (Å²) in [4.78, 5) is 4.24. The van der Waals surface area contributed by atoms with Crippen LogP contribution in [0, 0.1) is 0 Å². The Morgan fingerprint density at radius 2 is 2.31 bits per heavy atom. The molecule has 0 radical (unpaired) electrons. The summed E-state index contributed by atoms with van der Waals surface area (Å²) >= 11 is 1.56. The van der Waals surface area contributed by atoms with Crippen molar-refractivity contribution in [2.24, 2.45) is 0 Å². The summed E-state index contributed by atoms with van der Waals surface area (Å²) in [6.07, 6.45) is 0.911. The smallest absolute Gasteiger partial charge is 0.134 e. The molecule has 0 aliphatic carbocycles. The van der Waals surface area contributed by atoms with E-state index in [1.807, 2.05) is 12.3 Å². The van der Waals surface area contributed by atoms with E-state index in [0.717, 1.165) is 11.4 Å². The van der Waals surface area contributed by atoms with Gasteiger partial charge < -0.3 is 10.5 Å². The third-order valence-corrected chi connectivity index (χ3v) is 3.22. The van der Waals surface area contributed by atoms with E-state index >= 15 is 0 Å². The molecule has 4 heteroatoms. The molecule has 0 bridgehead atoms. The Balaban J connectivity index is 2.88. The first kappa shape index (κ1) is 10.5. The second-order valence-corrected chi connectivity index (χ2v) is 3.95. The predicted molar refractivity (Wildman–Crippen MR) is 55.8 cm³/mol. The number of aromatic nitrogens is 1. The molecule has 2 N–H and O–H groups in total. The van der Waals surface area contributed by atoms with Crippen LogP contribution in [-0.2, 0) is 10.3 Å². The van der Waals surface area contributed by atoms with Crippen LogP contribution in [0.25, 0.3) is 0 Å². The van der Waals surface area contributed by atoms with Gasteiger partial charge in [-0.1, -0.05) is 6.92 Å². The zero-order valence-electron chi connectivity index (χ0n) is 8.33. The van der Waals surface area contributed by atoms with Crippen LogP contribution in [0.5, 0.6) is 0 Å². The largest absolute Gasteiger partial charge is 0.383 e. The first-order valence-electron chi connectivity index (χ1n) is 4.47. The van der Waals surface area contributed by atoms with E-state index in [1.54, 1.807) is 11.3 Å². The molecule has 1 aromatic heterocycles. The lowest BCUT2D eigenvalue weighted by Gasteiger charge is -2.25. The van der Waals surface area contributed by atoms with E-state index in [9.17, 15) is 0 Å². The van der Waals surface area contributed by atoms with E-state index in [2.05, 4.69) is 18.8 Å². The molecule has 0 aliphatic heterocycles. The van der Waals surface area contributed by atoms with Gasteiger partial charge in [0, 0.05) is 12.0 Å². The second kappa shape index (κ2) is 4.07. The molecule has 3 nitrogen and oxygen atoms in total. The fraction of sp³-hybridized carbons (Fsp3) is 0.667. The van der Waals surface area contributed by atoms with Crippen molar-refractivity contribution in [1.82, 2.24) is 4.98 Å². The Labute approximate surface area is 82.9 Å². The number of thiazole rings is 1. The third-order valence-electron chi connectivity index (χ3n) is 2.11. The summed E-state index contributed by atoms with van der Waals surface area (Å²) in [6.45, 7) is 6.83. The molecule has 0 fully saturated rings. The van der Waals surface area contributed by atoms with Gasteiger partial charge in [-0.15, -0.1) is 11.3 Å². The molecule has 13 heavy (non-hydrogen) atoms. The Morgan fingerprint density at radius 3 is 2.69 bits per heavy atom. The normalized spacial score (nSPS) is 15.6. The summed E-state index contributed by atoms with van der Waals surface area (Å²) in [7, 11) is 0. The van der Waals surface area contributed by atoms with Gasteiger partial charge in [0.05, 0.1) is 0 Å². The first-order chi connectivity index (χ1) is 6.12. The summed E-state index contributed by atoms with van der Waals surface area (Å²) in [5.41, 5.74) is 5.30. The highest BCUT2D eigenvalue weighted by atomic mass is 32.1. The lowest BCUT2D eigenvalue weighted by molar-refractivity contribution is -0.0323.